The van der Waals surface area contributed by atoms with Crippen LogP contribution in [-0.2, 0) is 4.79 Å². The number of carbonyl (C=O) groups is 2. The van der Waals surface area contributed by atoms with Crippen LogP contribution in [0.3, 0.4) is 0 Å². The molecule has 1 heterocycles. The molecule has 2 amide bonds. The van der Waals surface area contributed by atoms with Crippen molar-refractivity contribution >= 4 is 23.6 Å². The van der Waals surface area contributed by atoms with Crippen LogP contribution in [0.15, 0.2) is 24.3 Å². The van der Waals surface area contributed by atoms with Gasteiger partial charge >= 0.3 is 12.0 Å². The van der Waals surface area contributed by atoms with Crippen molar-refractivity contribution in [1.29, 1.82) is 0 Å². The van der Waals surface area contributed by atoms with Gasteiger partial charge in [-0.1, -0.05) is 23.7 Å². The molecule has 0 aliphatic carbocycles. The van der Waals surface area contributed by atoms with Crippen LogP contribution in [0.5, 0.6) is 0 Å². The van der Waals surface area contributed by atoms with Crippen molar-refractivity contribution in [2.75, 3.05) is 6.54 Å². The van der Waals surface area contributed by atoms with Crippen molar-refractivity contribution in [2.45, 2.75) is 38.3 Å². The SMILES string of the molecule is CC(NC(=O)N1CCCCC1C(=O)O)c1ccc(Cl)cc1. The second-order valence-corrected chi connectivity index (χ2v) is 5.70. The number of piperidine rings is 1. The number of aliphatic carboxylic acids is 1. The lowest BCUT2D eigenvalue weighted by Crippen LogP contribution is -2.52. The minimum absolute atomic E-state index is 0.203. The van der Waals surface area contributed by atoms with Crippen molar-refractivity contribution in [2.24, 2.45) is 0 Å². The Morgan fingerprint density at radius 1 is 1.33 bits per heavy atom. The van der Waals surface area contributed by atoms with Gasteiger partial charge in [0.1, 0.15) is 6.04 Å². The third-order valence-corrected chi connectivity index (χ3v) is 4.01. The summed E-state index contributed by atoms with van der Waals surface area (Å²) >= 11 is 5.84. The fourth-order valence-corrected chi connectivity index (χ4v) is 2.66. The van der Waals surface area contributed by atoms with E-state index in [0.29, 0.717) is 18.0 Å². The van der Waals surface area contributed by atoms with Crippen molar-refractivity contribution in [1.82, 2.24) is 10.2 Å². The molecule has 5 nitrogen and oxygen atoms in total. The molecule has 0 bridgehead atoms. The van der Waals surface area contributed by atoms with E-state index in [1.807, 2.05) is 19.1 Å². The van der Waals surface area contributed by atoms with Crippen molar-refractivity contribution < 1.29 is 14.7 Å². The van der Waals surface area contributed by atoms with Crippen LogP contribution in [-0.4, -0.2) is 34.6 Å². The highest BCUT2D eigenvalue weighted by Gasteiger charge is 2.32. The van der Waals surface area contributed by atoms with Gasteiger partial charge in [0.2, 0.25) is 0 Å². The number of carboxylic acid groups (broad SMARTS) is 1. The molecular formula is C15H19ClN2O3. The molecule has 6 heteroatoms. The lowest BCUT2D eigenvalue weighted by atomic mass is 10.0. The lowest BCUT2D eigenvalue weighted by Gasteiger charge is -2.33. The Morgan fingerprint density at radius 3 is 2.62 bits per heavy atom. The standard InChI is InChI=1S/C15H19ClN2O3/c1-10(11-5-7-12(16)8-6-11)17-15(21)18-9-3-2-4-13(18)14(19)20/h5-8,10,13H,2-4,9H2,1H3,(H,17,21)(H,19,20). The quantitative estimate of drug-likeness (QED) is 0.901. The number of likely N-dealkylation sites (tertiary alicyclic amines) is 1. The summed E-state index contributed by atoms with van der Waals surface area (Å²) in [5, 5.41) is 12.7. The van der Waals surface area contributed by atoms with Gasteiger partial charge < -0.3 is 15.3 Å². The van der Waals surface area contributed by atoms with E-state index >= 15 is 0 Å². The molecular weight excluding hydrogens is 292 g/mol. The van der Waals surface area contributed by atoms with E-state index < -0.39 is 12.0 Å². The minimum Gasteiger partial charge on any atom is -0.480 e. The summed E-state index contributed by atoms with van der Waals surface area (Å²) in [7, 11) is 0. The Kier molecular flexibility index (Phi) is 5.07. The Hall–Kier alpha value is -1.75. The molecule has 1 aliphatic rings. The molecule has 2 unspecified atom stereocenters. The Labute approximate surface area is 128 Å². The first kappa shape index (κ1) is 15.6. The predicted molar refractivity (Wildman–Crippen MR) is 80.4 cm³/mol. The number of hydrogen-bond donors (Lipinski definition) is 2. The van der Waals surface area contributed by atoms with Gasteiger partial charge in [0.15, 0.2) is 0 Å². The predicted octanol–water partition coefficient (Wildman–Crippen LogP) is 3.05. The van der Waals surface area contributed by atoms with Crippen molar-refractivity contribution in [3.05, 3.63) is 34.9 Å². The molecule has 2 rings (SSSR count). The summed E-state index contributed by atoms with van der Waals surface area (Å²) in [6.07, 6.45) is 2.19. The second kappa shape index (κ2) is 6.80. The van der Waals surface area contributed by atoms with E-state index in [1.54, 1.807) is 12.1 Å². The molecule has 1 aromatic rings. The molecule has 2 atom stereocenters. The maximum absolute atomic E-state index is 12.3. The van der Waals surface area contributed by atoms with Crippen LogP contribution >= 0.6 is 11.6 Å². The van der Waals surface area contributed by atoms with Crippen LogP contribution in [0.1, 0.15) is 37.8 Å². The smallest absolute Gasteiger partial charge is 0.326 e. The topological polar surface area (TPSA) is 69.6 Å². The lowest BCUT2D eigenvalue weighted by molar-refractivity contribution is -0.143. The van der Waals surface area contributed by atoms with Gasteiger partial charge in [-0.25, -0.2) is 9.59 Å². The maximum atomic E-state index is 12.3. The molecule has 114 valence electrons. The van der Waals surface area contributed by atoms with Crippen molar-refractivity contribution in [3.8, 4) is 0 Å². The van der Waals surface area contributed by atoms with Crippen LogP contribution in [0.25, 0.3) is 0 Å². The number of halogens is 1. The van der Waals surface area contributed by atoms with Crippen LogP contribution in [0.4, 0.5) is 4.79 Å². The number of carbonyl (C=O) groups excluding carboxylic acids is 1. The van der Waals surface area contributed by atoms with Gasteiger partial charge in [-0.05, 0) is 43.9 Å². The van der Waals surface area contributed by atoms with Gasteiger partial charge in [0.25, 0.3) is 0 Å². The number of nitrogens with one attached hydrogen (secondary N) is 1. The summed E-state index contributed by atoms with van der Waals surface area (Å²) in [4.78, 5) is 24.9. The van der Waals surface area contributed by atoms with E-state index in [1.165, 1.54) is 4.90 Å². The number of benzene rings is 1. The number of amides is 2. The fraction of sp³-hybridized carbons (Fsp3) is 0.467. The summed E-state index contributed by atoms with van der Waals surface area (Å²) in [5.74, 6) is -0.941. The van der Waals surface area contributed by atoms with Gasteiger partial charge in [-0.2, -0.15) is 0 Å². The average Bonchev–Trinajstić information content (AvgIpc) is 2.47. The number of urea groups is 1. The van der Waals surface area contributed by atoms with E-state index in [9.17, 15) is 14.7 Å². The molecule has 1 aromatic carbocycles. The molecule has 0 radical (unpaired) electrons. The van der Waals surface area contributed by atoms with Crippen LogP contribution in [0.2, 0.25) is 5.02 Å². The Morgan fingerprint density at radius 2 is 2.00 bits per heavy atom. The summed E-state index contributed by atoms with van der Waals surface area (Å²) in [5.41, 5.74) is 0.927. The van der Waals surface area contributed by atoms with Crippen molar-refractivity contribution in [3.63, 3.8) is 0 Å². The van der Waals surface area contributed by atoms with E-state index in [4.69, 9.17) is 11.6 Å². The molecule has 1 aliphatic heterocycles. The molecule has 2 N–H and O–H groups in total. The summed E-state index contributed by atoms with van der Waals surface area (Å²) in [6, 6.07) is 5.96. The molecule has 21 heavy (non-hydrogen) atoms. The summed E-state index contributed by atoms with van der Waals surface area (Å²) < 4.78 is 0. The monoisotopic (exact) mass is 310 g/mol. The fourth-order valence-electron chi connectivity index (χ4n) is 2.53. The Balaban J connectivity index is 2.02. The first-order valence-corrected chi connectivity index (χ1v) is 7.42. The number of hydrogen-bond acceptors (Lipinski definition) is 2. The summed E-state index contributed by atoms with van der Waals surface area (Å²) in [6.45, 7) is 2.34. The first-order chi connectivity index (χ1) is 9.99. The van der Waals surface area contributed by atoms with Gasteiger partial charge in [0, 0.05) is 11.6 Å². The highest BCUT2D eigenvalue weighted by Crippen LogP contribution is 2.20. The number of rotatable bonds is 3. The minimum atomic E-state index is -0.941. The first-order valence-electron chi connectivity index (χ1n) is 7.04. The third kappa shape index (κ3) is 3.88. The Bertz CT molecular complexity index is 518. The van der Waals surface area contributed by atoms with Crippen LogP contribution < -0.4 is 5.32 Å². The van der Waals surface area contributed by atoms with Crippen LogP contribution in [0, 0.1) is 0 Å². The molecule has 0 aromatic heterocycles. The highest BCUT2D eigenvalue weighted by molar-refractivity contribution is 6.30. The zero-order valence-corrected chi connectivity index (χ0v) is 12.6. The zero-order chi connectivity index (χ0) is 15.4. The molecule has 0 spiro atoms. The van der Waals surface area contributed by atoms with Gasteiger partial charge in [-0.3, -0.25) is 0 Å². The van der Waals surface area contributed by atoms with Gasteiger partial charge in [-0.15, -0.1) is 0 Å². The zero-order valence-electron chi connectivity index (χ0n) is 11.9. The molecule has 1 fully saturated rings. The van der Waals surface area contributed by atoms with E-state index in [0.717, 1.165) is 18.4 Å². The number of carboxylic acids is 1. The van der Waals surface area contributed by atoms with E-state index in [2.05, 4.69) is 5.32 Å². The third-order valence-electron chi connectivity index (χ3n) is 3.76. The molecule has 0 saturated carbocycles. The average molecular weight is 311 g/mol. The number of nitrogens with zero attached hydrogens (tertiary/aromatic N) is 1. The maximum Gasteiger partial charge on any atom is 0.326 e. The van der Waals surface area contributed by atoms with E-state index in [-0.39, 0.29) is 12.1 Å². The highest BCUT2D eigenvalue weighted by atomic mass is 35.5. The largest absolute Gasteiger partial charge is 0.480 e. The normalized spacial score (nSPS) is 19.9. The second-order valence-electron chi connectivity index (χ2n) is 5.27. The molecule has 1 saturated heterocycles. The van der Waals surface area contributed by atoms with Gasteiger partial charge in [0.05, 0.1) is 6.04 Å².